The molecule has 2 heterocycles. The standard InChI is InChI=1S/C22H24N4O3/c1-2-19(26-20(27)17-10-6-7-11-18(17)23-22(26)29)21(28)25-14-12-24(13-15-25)16-8-4-3-5-9-16/h3-11,19H,2,12-15H2,1H3,(H,23,29). The van der Waals surface area contributed by atoms with E-state index in [1.807, 2.05) is 25.1 Å². The van der Waals surface area contributed by atoms with Gasteiger partial charge in [0.1, 0.15) is 6.04 Å². The monoisotopic (exact) mass is 392 g/mol. The van der Waals surface area contributed by atoms with Crippen LogP contribution >= 0.6 is 0 Å². The van der Waals surface area contributed by atoms with Crippen LogP contribution < -0.4 is 16.1 Å². The molecule has 1 atom stereocenters. The van der Waals surface area contributed by atoms with Crippen LogP contribution in [0.1, 0.15) is 19.4 Å². The Morgan fingerprint density at radius 3 is 2.31 bits per heavy atom. The summed E-state index contributed by atoms with van der Waals surface area (Å²) >= 11 is 0. The molecule has 1 unspecified atom stereocenters. The number of nitrogens with one attached hydrogen (secondary N) is 1. The number of fused-ring (bicyclic) bond motifs is 1. The van der Waals surface area contributed by atoms with Crippen molar-refractivity contribution >= 4 is 22.5 Å². The van der Waals surface area contributed by atoms with Gasteiger partial charge in [-0.3, -0.25) is 9.59 Å². The number of H-pyrrole nitrogens is 1. The quantitative estimate of drug-likeness (QED) is 0.737. The topological polar surface area (TPSA) is 78.4 Å². The van der Waals surface area contributed by atoms with Crippen LogP contribution in [-0.4, -0.2) is 46.5 Å². The minimum Gasteiger partial charge on any atom is -0.368 e. The van der Waals surface area contributed by atoms with Gasteiger partial charge in [-0.05, 0) is 30.7 Å². The van der Waals surface area contributed by atoms with Crippen LogP contribution in [0.3, 0.4) is 0 Å². The second-order valence-corrected chi connectivity index (χ2v) is 7.22. The largest absolute Gasteiger partial charge is 0.368 e. The minimum absolute atomic E-state index is 0.178. The van der Waals surface area contributed by atoms with Crippen LogP contribution in [0.4, 0.5) is 5.69 Å². The maximum Gasteiger partial charge on any atom is 0.329 e. The Morgan fingerprint density at radius 2 is 1.62 bits per heavy atom. The molecule has 1 amide bonds. The van der Waals surface area contributed by atoms with Gasteiger partial charge >= 0.3 is 5.69 Å². The fourth-order valence-electron chi connectivity index (χ4n) is 3.96. The van der Waals surface area contributed by atoms with E-state index >= 15 is 0 Å². The van der Waals surface area contributed by atoms with Crippen LogP contribution in [0.2, 0.25) is 0 Å². The normalized spacial score (nSPS) is 15.5. The van der Waals surface area contributed by atoms with Crippen LogP contribution in [-0.2, 0) is 4.79 Å². The number of piperazine rings is 1. The number of carbonyl (C=O) groups is 1. The molecule has 1 aromatic heterocycles. The number of carbonyl (C=O) groups excluding carboxylic acids is 1. The highest BCUT2D eigenvalue weighted by Crippen LogP contribution is 2.19. The molecule has 0 aliphatic carbocycles. The van der Waals surface area contributed by atoms with Crippen molar-refractivity contribution < 1.29 is 4.79 Å². The van der Waals surface area contributed by atoms with Gasteiger partial charge in [-0.1, -0.05) is 37.3 Å². The highest BCUT2D eigenvalue weighted by molar-refractivity contribution is 5.82. The lowest BCUT2D eigenvalue weighted by Gasteiger charge is -2.37. The predicted molar refractivity (Wildman–Crippen MR) is 113 cm³/mol. The van der Waals surface area contributed by atoms with E-state index < -0.39 is 17.3 Å². The third-order valence-electron chi connectivity index (χ3n) is 5.53. The maximum absolute atomic E-state index is 13.2. The first kappa shape index (κ1) is 19.0. The minimum atomic E-state index is -0.806. The Hall–Kier alpha value is -3.35. The van der Waals surface area contributed by atoms with E-state index in [-0.39, 0.29) is 5.91 Å². The molecule has 1 N–H and O–H groups in total. The fraction of sp³-hybridized carbons (Fsp3) is 0.318. The highest BCUT2D eigenvalue weighted by atomic mass is 16.2. The predicted octanol–water partition coefficient (Wildman–Crippen LogP) is 1.99. The fourth-order valence-corrected chi connectivity index (χ4v) is 3.96. The van der Waals surface area contributed by atoms with E-state index in [1.165, 1.54) is 0 Å². The number of hydrogen-bond acceptors (Lipinski definition) is 4. The van der Waals surface area contributed by atoms with E-state index in [2.05, 4.69) is 22.0 Å². The molecule has 1 fully saturated rings. The molecule has 29 heavy (non-hydrogen) atoms. The van der Waals surface area contributed by atoms with Gasteiger partial charge in [-0.25, -0.2) is 9.36 Å². The van der Waals surface area contributed by atoms with Crippen LogP contribution in [0.25, 0.3) is 10.9 Å². The second kappa shape index (κ2) is 7.95. The molecule has 1 aliphatic rings. The summed E-state index contributed by atoms with van der Waals surface area (Å²) in [6, 6.07) is 16.1. The number of para-hydroxylation sites is 2. The number of anilines is 1. The van der Waals surface area contributed by atoms with Crippen LogP contribution in [0.5, 0.6) is 0 Å². The van der Waals surface area contributed by atoms with Crippen molar-refractivity contribution in [2.24, 2.45) is 0 Å². The van der Waals surface area contributed by atoms with Gasteiger partial charge in [0.25, 0.3) is 5.56 Å². The van der Waals surface area contributed by atoms with Gasteiger partial charge in [0, 0.05) is 31.9 Å². The molecule has 7 heteroatoms. The summed E-state index contributed by atoms with van der Waals surface area (Å²) in [5.74, 6) is -0.178. The molecule has 3 aromatic rings. The van der Waals surface area contributed by atoms with E-state index in [0.29, 0.717) is 30.4 Å². The maximum atomic E-state index is 13.2. The average molecular weight is 392 g/mol. The Morgan fingerprint density at radius 1 is 0.966 bits per heavy atom. The average Bonchev–Trinajstić information content (AvgIpc) is 2.77. The van der Waals surface area contributed by atoms with Crippen molar-refractivity contribution in [3.63, 3.8) is 0 Å². The molecule has 0 radical (unpaired) electrons. The summed E-state index contributed by atoms with van der Waals surface area (Å²) < 4.78 is 1.08. The molecular weight excluding hydrogens is 368 g/mol. The third-order valence-corrected chi connectivity index (χ3v) is 5.53. The third kappa shape index (κ3) is 3.55. The van der Waals surface area contributed by atoms with Gasteiger partial charge in [-0.15, -0.1) is 0 Å². The lowest BCUT2D eigenvalue weighted by atomic mass is 10.1. The van der Waals surface area contributed by atoms with Crippen molar-refractivity contribution in [1.29, 1.82) is 0 Å². The summed E-state index contributed by atoms with van der Waals surface area (Å²) in [4.78, 5) is 45.5. The first-order valence-electron chi connectivity index (χ1n) is 9.92. The zero-order valence-corrected chi connectivity index (χ0v) is 16.4. The number of amides is 1. The summed E-state index contributed by atoms with van der Waals surface area (Å²) in [5.41, 5.74) is 0.649. The lowest BCUT2D eigenvalue weighted by molar-refractivity contribution is -0.135. The number of nitrogens with zero attached hydrogens (tertiary/aromatic N) is 3. The van der Waals surface area contributed by atoms with Gasteiger partial charge in [-0.2, -0.15) is 0 Å². The summed E-state index contributed by atoms with van der Waals surface area (Å²) in [6.45, 7) is 4.38. The van der Waals surface area contributed by atoms with Gasteiger partial charge in [0.05, 0.1) is 10.9 Å². The Balaban J connectivity index is 1.58. The molecule has 7 nitrogen and oxygen atoms in total. The van der Waals surface area contributed by atoms with Gasteiger partial charge in [0.2, 0.25) is 5.91 Å². The van der Waals surface area contributed by atoms with Gasteiger partial charge in [0.15, 0.2) is 0 Å². The van der Waals surface area contributed by atoms with Crippen LogP contribution in [0, 0.1) is 0 Å². The van der Waals surface area contributed by atoms with Crippen LogP contribution in [0.15, 0.2) is 64.2 Å². The molecule has 0 saturated carbocycles. The van der Waals surface area contributed by atoms with Crippen molar-refractivity contribution in [2.75, 3.05) is 31.1 Å². The Kier molecular flexibility index (Phi) is 5.20. The SMILES string of the molecule is CCC(C(=O)N1CCN(c2ccccc2)CC1)n1c(=O)[nH]c2ccccc2c1=O. The Bertz CT molecular complexity index is 1130. The number of benzene rings is 2. The van der Waals surface area contributed by atoms with E-state index in [0.717, 1.165) is 23.3 Å². The van der Waals surface area contributed by atoms with Gasteiger partial charge < -0.3 is 14.8 Å². The van der Waals surface area contributed by atoms with Crippen molar-refractivity contribution in [3.8, 4) is 0 Å². The number of rotatable bonds is 4. The molecule has 1 saturated heterocycles. The molecule has 150 valence electrons. The molecular formula is C22H24N4O3. The first-order valence-corrected chi connectivity index (χ1v) is 9.92. The summed E-state index contributed by atoms with van der Waals surface area (Å²) in [7, 11) is 0. The number of aromatic amines is 1. The number of hydrogen-bond donors (Lipinski definition) is 1. The first-order chi connectivity index (χ1) is 14.1. The molecule has 1 aliphatic heterocycles. The second-order valence-electron chi connectivity index (χ2n) is 7.22. The Labute approximate surface area is 168 Å². The lowest BCUT2D eigenvalue weighted by Crippen LogP contribution is -2.52. The van der Waals surface area contributed by atoms with E-state index in [9.17, 15) is 14.4 Å². The summed E-state index contributed by atoms with van der Waals surface area (Å²) in [5, 5.41) is 0.409. The zero-order valence-electron chi connectivity index (χ0n) is 16.4. The molecule has 0 spiro atoms. The van der Waals surface area contributed by atoms with E-state index in [4.69, 9.17) is 0 Å². The zero-order chi connectivity index (χ0) is 20.4. The van der Waals surface area contributed by atoms with Crippen molar-refractivity contribution in [3.05, 3.63) is 75.4 Å². The number of aromatic nitrogens is 2. The van der Waals surface area contributed by atoms with Crippen molar-refractivity contribution in [2.45, 2.75) is 19.4 Å². The van der Waals surface area contributed by atoms with E-state index in [1.54, 1.807) is 29.2 Å². The summed E-state index contributed by atoms with van der Waals surface area (Å²) in [6.07, 6.45) is 0.374. The van der Waals surface area contributed by atoms with Crippen molar-refractivity contribution in [1.82, 2.24) is 14.5 Å². The highest BCUT2D eigenvalue weighted by Gasteiger charge is 2.30. The molecule has 4 rings (SSSR count). The molecule has 0 bridgehead atoms. The smallest absolute Gasteiger partial charge is 0.329 e. The molecule has 2 aromatic carbocycles.